The zero-order valence-corrected chi connectivity index (χ0v) is 12.7. The number of para-hydroxylation sites is 1. The van der Waals surface area contributed by atoms with Crippen LogP contribution in [0.5, 0.6) is 5.75 Å². The van der Waals surface area contributed by atoms with E-state index >= 15 is 0 Å². The van der Waals surface area contributed by atoms with Crippen LogP contribution in [-0.4, -0.2) is 30.1 Å². The van der Waals surface area contributed by atoms with Crippen molar-refractivity contribution in [1.29, 1.82) is 5.26 Å². The lowest BCUT2D eigenvalue weighted by Gasteiger charge is -2.32. The molecule has 0 aliphatic carbocycles. The fourth-order valence-corrected chi connectivity index (χ4v) is 4.72. The minimum atomic E-state index is -2.84. The third-order valence-corrected chi connectivity index (χ3v) is 6.42. The molecular weight excluding hydrogens is 262 g/mol. The van der Waals surface area contributed by atoms with E-state index in [9.17, 15) is 0 Å². The Morgan fingerprint density at radius 1 is 1.16 bits per heavy atom. The van der Waals surface area contributed by atoms with Crippen molar-refractivity contribution in [2.45, 2.75) is 18.9 Å². The topological polar surface area (TPSA) is 60.7 Å². The van der Waals surface area contributed by atoms with Gasteiger partial charge in [0.25, 0.3) is 6.26 Å². The van der Waals surface area contributed by atoms with Gasteiger partial charge < -0.3 is 18.0 Å². The fraction of sp³-hybridized carbons (Fsp3) is 0.462. The monoisotopic (exact) mass is 281 g/mol. The summed E-state index contributed by atoms with van der Waals surface area (Å²) in [7, 11) is 1.90. The van der Waals surface area contributed by atoms with Crippen LogP contribution >= 0.6 is 0 Å². The van der Waals surface area contributed by atoms with Gasteiger partial charge in [-0.25, -0.2) is 0 Å². The van der Waals surface area contributed by atoms with E-state index in [4.69, 9.17) is 23.3 Å². The Balaban J connectivity index is 3.26. The highest BCUT2D eigenvalue weighted by atomic mass is 28.4. The van der Waals surface area contributed by atoms with Gasteiger partial charge in [-0.3, -0.25) is 0 Å². The first-order valence-corrected chi connectivity index (χ1v) is 7.79. The van der Waals surface area contributed by atoms with E-state index in [2.05, 4.69) is 0 Å². The van der Waals surface area contributed by atoms with Gasteiger partial charge >= 0.3 is 8.80 Å². The fourth-order valence-electron chi connectivity index (χ4n) is 2.25. The van der Waals surface area contributed by atoms with Crippen molar-refractivity contribution in [2.24, 2.45) is 0 Å². The molecule has 0 amide bonds. The largest absolute Gasteiger partial charge is 0.508 e. The van der Waals surface area contributed by atoms with Crippen LogP contribution in [0.3, 0.4) is 0 Å². The molecule has 0 aliphatic rings. The van der Waals surface area contributed by atoms with Gasteiger partial charge in [0, 0.05) is 26.9 Å². The van der Waals surface area contributed by atoms with Crippen molar-refractivity contribution in [3.8, 4) is 12.0 Å². The number of hydrogen-bond acceptors (Lipinski definition) is 5. The van der Waals surface area contributed by atoms with Crippen LogP contribution in [0.25, 0.3) is 0 Å². The quantitative estimate of drug-likeness (QED) is 0.567. The number of benzene rings is 1. The highest BCUT2D eigenvalue weighted by molar-refractivity contribution is 6.62. The van der Waals surface area contributed by atoms with Crippen molar-refractivity contribution in [3.05, 3.63) is 29.8 Å². The molecule has 104 valence electrons. The van der Waals surface area contributed by atoms with Crippen molar-refractivity contribution in [3.63, 3.8) is 0 Å². The molecule has 1 aromatic carbocycles. The van der Waals surface area contributed by atoms with E-state index in [1.807, 2.05) is 25.1 Å². The summed E-state index contributed by atoms with van der Waals surface area (Å²) in [5, 5.41) is 8.72. The number of nitrogens with zero attached hydrogens (tertiary/aromatic N) is 1. The molecule has 1 rings (SSSR count). The van der Waals surface area contributed by atoms with Gasteiger partial charge in [0.15, 0.2) is 0 Å². The van der Waals surface area contributed by atoms with Gasteiger partial charge in [0.2, 0.25) is 0 Å². The third-order valence-electron chi connectivity index (χ3n) is 3.14. The summed E-state index contributed by atoms with van der Waals surface area (Å²) in [5.41, 5.74) is 0.779. The van der Waals surface area contributed by atoms with Crippen LogP contribution in [0.2, 0.25) is 0 Å². The molecule has 0 aromatic heterocycles. The maximum absolute atomic E-state index is 8.72. The van der Waals surface area contributed by atoms with Gasteiger partial charge in [-0.2, -0.15) is 0 Å². The Morgan fingerprint density at radius 3 is 2.21 bits per heavy atom. The van der Waals surface area contributed by atoms with Crippen LogP contribution in [0, 0.1) is 11.5 Å². The van der Waals surface area contributed by atoms with E-state index < -0.39 is 8.80 Å². The summed E-state index contributed by atoms with van der Waals surface area (Å²) < 4.78 is 21.6. The highest BCUT2D eigenvalue weighted by Gasteiger charge is 2.48. The molecule has 5 nitrogen and oxygen atoms in total. The molecule has 1 atom stereocenters. The Morgan fingerprint density at radius 2 is 1.74 bits per heavy atom. The Bertz CT molecular complexity index is 434. The number of rotatable bonds is 7. The molecule has 0 bridgehead atoms. The molecule has 0 heterocycles. The third kappa shape index (κ3) is 3.14. The van der Waals surface area contributed by atoms with Gasteiger partial charge in [0.1, 0.15) is 5.75 Å². The molecule has 0 radical (unpaired) electrons. The van der Waals surface area contributed by atoms with Gasteiger partial charge in [-0.15, -0.1) is 5.26 Å². The second-order valence-electron chi connectivity index (χ2n) is 3.91. The molecule has 0 fully saturated rings. The first-order chi connectivity index (χ1) is 9.18. The molecule has 1 aromatic rings. The summed E-state index contributed by atoms with van der Waals surface area (Å²) in [6, 6.07) is 7.36. The molecular formula is C13H19NO4Si. The van der Waals surface area contributed by atoms with Gasteiger partial charge in [-0.05, 0) is 12.5 Å². The summed E-state index contributed by atoms with van der Waals surface area (Å²) in [4.78, 5) is 0. The first-order valence-electron chi connectivity index (χ1n) is 5.99. The maximum Gasteiger partial charge on any atom is 0.508 e. The molecule has 0 N–H and O–H groups in total. The minimum Gasteiger partial charge on any atom is -0.388 e. The SMILES string of the molecule is CCC(c1ccccc1OC#N)[Si](OC)(OC)OC. The average Bonchev–Trinajstić information content (AvgIpc) is 2.46. The van der Waals surface area contributed by atoms with E-state index in [-0.39, 0.29) is 5.54 Å². The number of hydrogen-bond donors (Lipinski definition) is 0. The van der Waals surface area contributed by atoms with Crippen molar-refractivity contribution < 1.29 is 18.0 Å². The predicted octanol–water partition coefficient (Wildman–Crippen LogP) is 2.46. The maximum atomic E-state index is 8.72. The molecule has 0 spiro atoms. The van der Waals surface area contributed by atoms with E-state index in [1.165, 1.54) is 0 Å². The van der Waals surface area contributed by atoms with Crippen LogP contribution in [-0.2, 0) is 13.3 Å². The van der Waals surface area contributed by atoms with Crippen LogP contribution < -0.4 is 4.74 Å². The Hall–Kier alpha value is -1.39. The lowest BCUT2D eigenvalue weighted by Crippen LogP contribution is -2.49. The lowest BCUT2D eigenvalue weighted by atomic mass is 10.1. The van der Waals surface area contributed by atoms with Crippen molar-refractivity contribution in [1.82, 2.24) is 0 Å². The minimum absolute atomic E-state index is 0.0861. The molecule has 6 heteroatoms. The zero-order chi connectivity index (χ0) is 14.3. The number of ether oxygens (including phenoxy) is 1. The molecule has 19 heavy (non-hydrogen) atoms. The lowest BCUT2D eigenvalue weighted by molar-refractivity contribution is 0.111. The summed E-state index contributed by atoms with van der Waals surface area (Å²) in [5.74, 6) is 0.514. The normalized spacial score (nSPS) is 12.8. The van der Waals surface area contributed by atoms with E-state index in [1.54, 1.807) is 33.7 Å². The standard InChI is InChI=1S/C13H19NO4Si/c1-5-13(19(15-2,16-3)17-4)11-8-6-7-9-12(11)18-10-14/h6-9,13H,5H2,1-4H3. The van der Waals surface area contributed by atoms with Crippen LogP contribution in [0.4, 0.5) is 0 Å². The molecule has 0 saturated heterocycles. The van der Waals surface area contributed by atoms with Crippen molar-refractivity contribution >= 4 is 8.80 Å². The average molecular weight is 281 g/mol. The first kappa shape index (κ1) is 15.7. The molecule has 0 aliphatic heterocycles. The Kier molecular flexibility index (Phi) is 5.98. The zero-order valence-electron chi connectivity index (χ0n) is 11.7. The van der Waals surface area contributed by atoms with Crippen LogP contribution in [0.15, 0.2) is 24.3 Å². The molecule has 1 unspecified atom stereocenters. The van der Waals surface area contributed by atoms with E-state index in [0.717, 1.165) is 12.0 Å². The van der Waals surface area contributed by atoms with Gasteiger partial charge in [-0.1, -0.05) is 25.1 Å². The Labute approximate surface area is 115 Å². The van der Waals surface area contributed by atoms with E-state index in [0.29, 0.717) is 5.75 Å². The summed E-state index contributed by atoms with van der Waals surface area (Å²) >= 11 is 0. The summed E-state index contributed by atoms with van der Waals surface area (Å²) in [6.07, 6.45) is 2.46. The predicted molar refractivity (Wildman–Crippen MR) is 72.5 cm³/mol. The smallest absolute Gasteiger partial charge is 0.388 e. The summed E-state index contributed by atoms with van der Waals surface area (Å²) in [6.45, 7) is 2.02. The second-order valence-corrected chi connectivity index (χ2v) is 7.04. The van der Waals surface area contributed by atoms with Crippen molar-refractivity contribution in [2.75, 3.05) is 21.3 Å². The highest BCUT2D eigenvalue weighted by Crippen LogP contribution is 2.36. The van der Waals surface area contributed by atoms with Gasteiger partial charge in [0.05, 0.1) is 5.54 Å². The second kappa shape index (κ2) is 7.26. The number of nitriles is 1. The molecule has 0 saturated carbocycles. The van der Waals surface area contributed by atoms with Crippen LogP contribution in [0.1, 0.15) is 24.4 Å².